The highest BCUT2D eigenvalue weighted by Crippen LogP contribution is 2.29. The Bertz CT molecular complexity index is 725. The number of rotatable bonds is 7. The fourth-order valence-corrected chi connectivity index (χ4v) is 3.23. The first-order valence-corrected chi connectivity index (χ1v) is 8.96. The minimum atomic E-state index is -0.121. The van der Waals surface area contributed by atoms with Crippen LogP contribution >= 0.6 is 11.3 Å². The van der Waals surface area contributed by atoms with E-state index in [1.165, 1.54) is 18.3 Å². The molecule has 0 atom stereocenters. The minimum Gasteiger partial charge on any atom is -0.351 e. The Hall–Kier alpha value is -2.21. The summed E-state index contributed by atoms with van der Waals surface area (Å²) in [6, 6.07) is 7.48. The van der Waals surface area contributed by atoms with Crippen molar-refractivity contribution in [1.29, 1.82) is 0 Å². The van der Waals surface area contributed by atoms with E-state index in [9.17, 15) is 9.59 Å². The molecule has 0 fully saturated rings. The number of carbonyl (C=O) groups is 2. The molecule has 1 heterocycles. The molecule has 0 aliphatic carbocycles. The van der Waals surface area contributed by atoms with Crippen molar-refractivity contribution < 1.29 is 9.59 Å². The number of aromatic nitrogens is 1. The van der Waals surface area contributed by atoms with Gasteiger partial charge in [-0.15, -0.1) is 11.3 Å². The maximum absolute atomic E-state index is 12.3. The van der Waals surface area contributed by atoms with Gasteiger partial charge in [-0.3, -0.25) is 9.59 Å². The highest BCUT2D eigenvalue weighted by Gasteiger charge is 2.16. The quantitative estimate of drug-likeness (QED) is 0.745. The third-order valence-corrected chi connectivity index (χ3v) is 4.53. The van der Waals surface area contributed by atoms with Gasteiger partial charge in [0.1, 0.15) is 10.7 Å². The van der Waals surface area contributed by atoms with Crippen molar-refractivity contribution in [3.63, 3.8) is 0 Å². The molecular weight excluding hydrogens is 322 g/mol. The average molecular weight is 345 g/mol. The molecular formula is C18H23N3O2S. The maximum atomic E-state index is 12.3. The van der Waals surface area contributed by atoms with Gasteiger partial charge in [-0.1, -0.05) is 31.9 Å². The zero-order valence-corrected chi connectivity index (χ0v) is 15.1. The number of benzene rings is 1. The summed E-state index contributed by atoms with van der Waals surface area (Å²) in [5.41, 5.74) is 2.09. The van der Waals surface area contributed by atoms with E-state index >= 15 is 0 Å². The predicted molar refractivity (Wildman–Crippen MR) is 98.4 cm³/mol. The second kappa shape index (κ2) is 8.59. The summed E-state index contributed by atoms with van der Waals surface area (Å²) in [4.78, 5) is 28.8. The lowest BCUT2D eigenvalue weighted by Gasteiger charge is -2.04. The molecule has 2 aromatic rings. The van der Waals surface area contributed by atoms with E-state index in [0.717, 1.165) is 40.4 Å². The average Bonchev–Trinajstić information content (AvgIpc) is 2.93. The number of hydrogen-bond acceptors (Lipinski definition) is 4. The van der Waals surface area contributed by atoms with Gasteiger partial charge in [0.25, 0.3) is 5.91 Å². The number of hydrogen-bond donors (Lipinski definition) is 2. The fraction of sp³-hybridized carbons (Fsp3) is 0.389. The fourth-order valence-electron chi connectivity index (χ4n) is 2.32. The molecule has 24 heavy (non-hydrogen) atoms. The molecule has 0 saturated carbocycles. The largest absolute Gasteiger partial charge is 0.351 e. The van der Waals surface area contributed by atoms with Crippen LogP contribution in [0.15, 0.2) is 24.3 Å². The SMILES string of the molecule is CCCCCNC(=O)c1nc(-c2cccc(NC(C)=O)c2)sc1C. The predicted octanol–water partition coefficient (Wildman–Crippen LogP) is 4.00. The topological polar surface area (TPSA) is 71.1 Å². The molecule has 2 rings (SSSR count). The standard InChI is InChI=1S/C18H23N3O2S/c1-4-5-6-10-19-17(23)16-12(2)24-18(21-16)14-8-7-9-15(11-14)20-13(3)22/h7-9,11H,4-6,10H2,1-3H3,(H,19,23)(H,20,22). The van der Waals surface area contributed by atoms with E-state index in [4.69, 9.17) is 0 Å². The summed E-state index contributed by atoms with van der Waals surface area (Å²) in [5, 5.41) is 6.46. The normalized spacial score (nSPS) is 10.5. The summed E-state index contributed by atoms with van der Waals surface area (Å²) in [5.74, 6) is -0.237. The van der Waals surface area contributed by atoms with Gasteiger partial charge in [0, 0.05) is 29.6 Å². The number of anilines is 1. The van der Waals surface area contributed by atoms with Gasteiger partial charge in [0.05, 0.1) is 0 Å². The molecule has 128 valence electrons. The van der Waals surface area contributed by atoms with Crippen LogP contribution in [0.3, 0.4) is 0 Å². The molecule has 0 saturated heterocycles. The van der Waals surface area contributed by atoms with Crippen molar-refractivity contribution in [2.24, 2.45) is 0 Å². The van der Waals surface area contributed by atoms with Gasteiger partial charge in [0.15, 0.2) is 0 Å². The van der Waals surface area contributed by atoms with Crippen LogP contribution in [-0.4, -0.2) is 23.3 Å². The van der Waals surface area contributed by atoms with Crippen molar-refractivity contribution in [3.8, 4) is 10.6 Å². The van der Waals surface area contributed by atoms with Crippen molar-refractivity contribution in [2.75, 3.05) is 11.9 Å². The number of carbonyl (C=O) groups excluding carboxylic acids is 2. The van der Waals surface area contributed by atoms with Gasteiger partial charge in [-0.2, -0.15) is 0 Å². The van der Waals surface area contributed by atoms with Crippen molar-refractivity contribution in [3.05, 3.63) is 34.8 Å². The second-order valence-electron chi connectivity index (χ2n) is 5.65. The molecule has 1 aromatic carbocycles. The van der Waals surface area contributed by atoms with Crippen LogP contribution < -0.4 is 10.6 Å². The second-order valence-corrected chi connectivity index (χ2v) is 6.85. The molecule has 0 aliphatic rings. The Morgan fingerprint density at radius 1 is 1.25 bits per heavy atom. The van der Waals surface area contributed by atoms with E-state index in [-0.39, 0.29) is 11.8 Å². The number of thiazole rings is 1. The van der Waals surface area contributed by atoms with Crippen molar-refractivity contribution in [1.82, 2.24) is 10.3 Å². The van der Waals surface area contributed by atoms with Gasteiger partial charge in [-0.25, -0.2) is 4.98 Å². The Morgan fingerprint density at radius 3 is 2.75 bits per heavy atom. The maximum Gasteiger partial charge on any atom is 0.271 e. The molecule has 0 unspecified atom stereocenters. The van der Waals surface area contributed by atoms with Crippen LogP contribution in [0.2, 0.25) is 0 Å². The monoisotopic (exact) mass is 345 g/mol. The number of nitrogens with zero attached hydrogens (tertiary/aromatic N) is 1. The summed E-state index contributed by atoms with van der Waals surface area (Å²) in [6.45, 7) is 6.19. The first-order chi connectivity index (χ1) is 11.5. The van der Waals surface area contributed by atoms with E-state index in [0.29, 0.717) is 12.2 Å². The Morgan fingerprint density at radius 2 is 2.04 bits per heavy atom. The summed E-state index contributed by atoms with van der Waals surface area (Å²) in [7, 11) is 0. The van der Waals surface area contributed by atoms with Gasteiger partial charge >= 0.3 is 0 Å². The zero-order valence-electron chi connectivity index (χ0n) is 14.3. The molecule has 6 heteroatoms. The van der Waals surface area contributed by atoms with Crippen LogP contribution in [0.25, 0.3) is 10.6 Å². The van der Waals surface area contributed by atoms with E-state index in [1.54, 1.807) is 0 Å². The number of unbranched alkanes of at least 4 members (excludes halogenated alkanes) is 2. The molecule has 5 nitrogen and oxygen atoms in total. The summed E-state index contributed by atoms with van der Waals surface area (Å²) in [6.07, 6.45) is 3.22. The smallest absolute Gasteiger partial charge is 0.271 e. The lowest BCUT2D eigenvalue weighted by molar-refractivity contribution is -0.114. The van der Waals surface area contributed by atoms with Crippen LogP contribution in [0.5, 0.6) is 0 Å². The Labute approximate surface area is 146 Å². The van der Waals surface area contributed by atoms with E-state index in [2.05, 4.69) is 22.5 Å². The van der Waals surface area contributed by atoms with Crippen LogP contribution in [-0.2, 0) is 4.79 Å². The molecule has 0 spiro atoms. The van der Waals surface area contributed by atoms with Gasteiger partial charge < -0.3 is 10.6 Å². The molecule has 0 aliphatic heterocycles. The van der Waals surface area contributed by atoms with Gasteiger partial charge in [-0.05, 0) is 25.5 Å². The van der Waals surface area contributed by atoms with Crippen LogP contribution in [0.4, 0.5) is 5.69 Å². The number of amides is 2. The number of nitrogens with one attached hydrogen (secondary N) is 2. The third kappa shape index (κ3) is 4.89. The molecule has 2 amide bonds. The van der Waals surface area contributed by atoms with E-state index in [1.807, 2.05) is 31.2 Å². The van der Waals surface area contributed by atoms with Crippen LogP contribution in [0.1, 0.15) is 48.5 Å². The Kier molecular flexibility index (Phi) is 6.49. The lowest BCUT2D eigenvalue weighted by Crippen LogP contribution is -2.25. The molecule has 2 N–H and O–H groups in total. The van der Waals surface area contributed by atoms with Crippen molar-refractivity contribution in [2.45, 2.75) is 40.0 Å². The zero-order chi connectivity index (χ0) is 17.5. The lowest BCUT2D eigenvalue weighted by atomic mass is 10.2. The third-order valence-electron chi connectivity index (χ3n) is 3.51. The molecule has 0 radical (unpaired) electrons. The van der Waals surface area contributed by atoms with E-state index < -0.39 is 0 Å². The van der Waals surface area contributed by atoms with Crippen LogP contribution in [0, 0.1) is 6.92 Å². The summed E-state index contributed by atoms with van der Waals surface area (Å²) >= 11 is 1.48. The summed E-state index contributed by atoms with van der Waals surface area (Å²) < 4.78 is 0. The molecule has 1 aromatic heterocycles. The molecule has 0 bridgehead atoms. The minimum absolute atomic E-state index is 0.116. The first-order valence-electron chi connectivity index (χ1n) is 8.15. The first kappa shape index (κ1) is 18.1. The van der Waals surface area contributed by atoms with Crippen molar-refractivity contribution >= 4 is 28.8 Å². The highest BCUT2D eigenvalue weighted by atomic mass is 32.1. The van der Waals surface area contributed by atoms with Gasteiger partial charge in [0.2, 0.25) is 5.91 Å². The highest BCUT2D eigenvalue weighted by molar-refractivity contribution is 7.15. The number of aryl methyl sites for hydroxylation is 1. The Balaban J connectivity index is 2.13.